The van der Waals surface area contributed by atoms with Crippen LogP contribution >= 0.6 is 7.82 Å². The van der Waals surface area contributed by atoms with Gasteiger partial charge in [-0.15, -0.1) is 0 Å². The molecule has 0 spiro atoms. The van der Waals surface area contributed by atoms with Gasteiger partial charge in [0.25, 0.3) is 0 Å². The highest BCUT2D eigenvalue weighted by molar-refractivity contribution is 7.46. The molecular weight excluding hydrogens is 213 g/mol. The van der Waals surface area contributed by atoms with Gasteiger partial charge in [-0.3, -0.25) is 14.1 Å². The maximum atomic E-state index is 11.0. The summed E-state index contributed by atoms with van der Waals surface area (Å²) in [5.41, 5.74) is 2.87. The van der Waals surface area contributed by atoms with Crippen molar-refractivity contribution < 1.29 is 28.5 Å². The second kappa shape index (κ2) is 4.29. The zero-order valence-electron chi connectivity index (χ0n) is 7.76. The molecule has 0 unspecified atom stereocenters. The van der Waals surface area contributed by atoms with Crippen LogP contribution in [0.2, 0.25) is 0 Å². The van der Waals surface area contributed by atoms with Crippen molar-refractivity contribution >= 4 is 19.4 Å². The smallest absolute Gasteiger partial charge is 0.327 e. The van der Waals surface area contributed by atoms with Crippen molar-refractivity contribution in [3.63, 3.8) is 0 Å². The van der Waals surface area contributed by atoms with Gasteiger partial charge in [-0.1, -0.05) is 0 Å². The van der Waals surface area contributed by atoms with Crippen LogP contribution < -0.4 is 5.73 Å². The van der Waals surface area contributed by atoms with Crippen molar-refractivity contribution in [1.82, 2.24) is 0 Å². The number of carbonyl (C=O) groups excluding carboxylic acids is 2. The Kier molecular flexibility index (Phi) is 4.11. The fourth-order valence-electron chi connectivity index (χ4n) is 0.904. The third-order valence-electron chi connectivity index (χ3n) is 1.70. The number of phosphoric acid groups is 1. The van der Waals surface area contributed by atoms with Gasteiger partial charge in [0.1, 0.15) is 0 Å². The topological polar surface area (TPSA) is 127 Å². The summed E-state index contributed by atoms with van der Waals surface area (Å²) in [7, 11) is -4.93. The number of phosphoric ester groups is 1. The Labute approximate surface area is 80.5 Å². The minimum atomic E-state index is -4.93. The van der Waals surface area contributed by atoms with E-state index in [-0.39, 0.29) is 0 Å². The molecule has 0 fully saturated rings. The first-order valence-electron chi connectivity index (χ1n) is 3.64. The van der Waals surface area contributed by atoms with E-state index >= 15 is 0 Å². The molecule has 4 N–H and O–H groups in total. The van der Waals surface area contributed by atoms with E-state index in [1.165, 1.54) is 0 Å². The number of hydrogen-bond donors (Lipinski definition) is 3. The summed E-state index contributed by atoms with van der Waals surface area (Å²) in [6.07, 6.45) is 0. The molecule has 0 saturated carbocycles. The maximum absolute atomic E-state index is 11.0. The number of ketones is 2. The molecule has 0 saturated heterocycles. The molecule has 14 heavy (non-hydrogen) atoms. The van der Waals surface area contributed by atoms with E-state index in [4.69, 9.17) is 15.5 Å². The van der Waals surface area contributed by atoms with Gasteiger partial charge in [0.05, 0.1) is 0 Å². The Balaban J connectivity index is 5.17. The Morgan fingerprint density at radius 3 is 1.79 bits per heavy atom. The lowest BCUT2D eigenvalue weighted by Crippen LogP contribution is -2.52. The number of hydrogen-bond acceptors (Lipinski definition) is 5. The monoisotopic (exact) mass is 225 g/mol. The Hall–Kier alpha value is -0.590. The second-order valence-electron chi connectivity index (χ2n) is 2.73. The van der Waals surface area contributed by atoms with Crippen molar-refractivity contribution in [3.8, 4) is 0 Å². The highest BCUT2D eigenvalue weighted by atomic mass is 31.2. The zero-order valence-corrected chi connectivity index (χ0v) is 8.65. The van der Waals surface area contributed by atoms with Gasteiger partial charge in [-0.2, -0.15) is 0 Å². The van der Waals surface area contributed by atoms with Gasteiger partial charge in [-0.25, -0.2) is 4.57 Å². The molecular formula is C6H12NO6P. The average molecular weight is 225 g/mol. The van der Waals surface area contributed by atoms with Crippen LogP contribution in [0, 0.1) is 0 Å². The summed E-state index contributed by atoms with van der Waals surface area (Å²) < 4.78 is 14.7. The van der Waals surface area contributed by atoms with Crippen LogP contribution in [0.4, 0.5) is 0 Å². The van der Waals surface area contributed by atoms with Gasteiger partial charge >= 0.3 is 7.82 Å². The minimum absolute atomic E-state index is 0.608. The lowest BCUT2D eigenvalue weighted by molar-refractivity contribution is -0.145. The molecule has 0 aromatic carbocycles. The van der Waals surface area contributed by atoms with E-state index in [1.54, 1.807) is 0 Å². The van der Waals surface area contributed by atoms with Crippen LogP contribution in [-0.4, -0.2) is 33.5 Å². The number of carbonyl (C=O) groups is 2. The minimum Gasteiger partial charge on any atom is -0.327 e. The van der Waals surface area contributed by atoms with Crippen LogP contribution in [0.1, 0.15) is 13.8 Å². The summed E-state index contributed by atoms with van der Waals surface area (Å²) in [4.78, 5) is 39.1. The van der Waals surface area contributed by atoms with E-state index in [2.05, 4.69) is 4.52 Å². The fraction of sp³-hybridized carbons (Fsp3) is 0.667. The first-order valence-corrected chi connectivity index (χ1v) is 5.17. The molecule has 0 atom stereocenters. The van der Waals surface area contributed by atoms with Crippen LogP contribution in [0.5, 0.6) is 0 Å². The standard InChI is InChI=1S/C6H12NO6P/c1-4(8)6(3-7,5(2)9)13-14(10,11)12/h3,7H2,1-2H3,(H2,10,11,12). The molecule has 0 aliphatic rings. The second-order valence-corrected chi connectivity index (χ2v) is 3.89. The lowest BCUT2D eigenvalue weighted by Gasteiger charge is -2.26. The van der Waals surface area contributed by atoms with Gasteiger partial charge < -0.3 is 15.5 Å². The molecule has 0 aliphatic heterocycles. The van der Waals surface area contributed by atoms with Crippen molar-refractivity contribution in [1.29, 1.82) is 0 Å². The Morgan fingerprint density at radius 2 is 1.71 bits per heavy atom. The van der Waals surface area contributed by atoms with E-state index in [0.717, 1.165) is 13.8 Å². The normalized spacial score (nSPS) is 12.6. The van der Waals surface area contributed by atoms with Gasteiger partial charge in [0.15, 0.2) is 11.6 Å². The summed E-state index contributed by atoms with van der Waals surface area (Å²) in [6.45, 7) is 1.34. The maximum Gasteiger partial charge on any atom is 0.471 e. The van der Waals surface area contributed by atoms with Crippen LogP contribution in [0.3, 0.4) is 0 Å². The molecule has 0 rings (SSSR count). The zero-order chi connectivity index (χ0) is 11.6. The molecule has 7 nitrogen and oxygen atoms in total. The van der Waals surface area contributed by atoms with Gasteiger partial charge in [0, 0.05) is 6.54 Å². The third-order valence-corrected chi connectivity index (χ3v) is 2.25. The van der Waals surface area contributed by atoms with Gasteiger partial charge in [0.2, 0.25) is 5.60 Å². The number of Topliss-reactive ketones (excluding diaryl/α,β-unsaturated/α-hetero) is 2. The largest absolute Gasteiger partial charge is 0.471 e. The Morgan fingerprint density at radius 1 is 1.36 bits per heavy atom. The molecule has 0 aromatic rings. The van der Waals surface area contributed by atoms with Crippen LogP contribution in [0.25, 0.3) is 0 Å². The molecule has 8 heteroatoms. The number of nitrogens with two attached hydrogens (primary N) is 1. The molecule has 82 valence electrons. The first-order chi connectivity index (χ1) is 6.15. The predicted octanol–water partition coefficient (Wildman–Crippen LogP) is -1.03. The van der Waals surface area contributed by atoms with Crippen molar-refractivity contribution in [2.24, 2.45) is 5.73 Å². The van der Waals surface area contributed by atoms with Crippen molar-refractivity contribution in [2.75, 3.05) is 6.54 Å². The first kappa shape index (κ1) is 13.4. The summed E-state index contributed by atoms with van der Waals surface area (Å²) in [5.74, 6) is -1.67. The van der Waals surface area contributed by atoms with Crippen LogP contribution in [-0.2, 0) is 18.7 Å². The highest BCUT2D eigenvalue weighted by Crippen LogP contribution is 2.41. The summed E-state index contributed by atoms with van der Waals surface area (Å²) >= 11 is 0. The molecule has 0 heterocycles. The molecule has 0 amide bonds. The van der Waals surface area contributed by atoms with E-state index in [9.17, 15) is 14.2 Å². The predicted molar refractivity (Wildman–Crippen MR) is 46.3 cm³/mol. The van der Waals surface area contributed by atoms with E-state index in [0.29, 0.717) is 0 Å². The third kappa shape index (κ3) is 2.97. The molecule has 0 radical (unpaired) electrons. The fourth-order valence-corrected chi connectivity index (χ4v) is 1.64. The van der Waals surface area contributed by atoms with Gasteiger partial charge in [-0.05, 0) is 13.8 Å². The van der Waals surface area contributed by atoms with Crippen molar-refractivity contribution in [2.45, 2.75) is 19.4 Å². The Bertz CT molecular complexity index is 281. The highest BCUT2D eigenvalue weighted by Gasteiger charge is 2.45. The van der Waals surface area contributed by atoms with Crippen LogP contribution in [0.15, 0.2) is 0 Å². The van der Waals surface area contributed by atoms with E-state index in [1.807, 2.05) is 0 Å². The lowest BCUT2D eigenvalue weighted by atomic mass is 9.95. The summed E-state index contributed by atoms with van der Waals surface area (Å²) in [6, 6.07) is 0. The van der Waals surface area contributed by atoms with Crippen molar-refractivity contribution in [3.05, 3.63) is 0 Å². The molecule has 0 aromatic heterocycles. The quantitative estimate of drug-likeness (QED) is 0.403. The average Bonchev–Trinajstić information content (AvgIpc) is 1.97. The molecule has 0 aliphatic carbocycles. The molecule has 0 bridgehead atoms. The SMILES string of the molecule is CC(=O)C(CN)(OP(=O)(O)O)C(C)=O. The number of rotatable bonds is 5. The van der Waals surface area contributed by atoms with E-state index < -0.39 is 31.5 Å². The summed E-state index contributed by atoms with van der Waals surface area (Å²) in [5, 5.41) is 0.